The number of rotatable bonds is 3. The standard InChI is InChI=1S/C10H13NO2S/c12-9(13)10(4-2-5-11-10)7-8-3-1-6-14-8/h1,3,6,11H,2,4-5,7H2,(H,12,13)/t10-/m0/s1. The van der Waals surface area contributed by atoms with Crippen molar-refractivity contribution in [2.24, 2.45) is 0 Å². The van der Waals surface area contributed by atoms with E-state index in [2.05, 4.69) is 0 Å². The molecule has 1 saturated heterocycles. The molecule has 0 radical (unpaired) electrons. The van der Waals surface area contributed by atoms with Crippen molar-refractivity contribution in [1.82, 2.24) is 0 Å². The van der Waals surface area contributed by atoms with Crippen molar-refractivity contribution in [3.05, 3.63) is 22.4 Å². The van der Waals surface area contributed by atoms with Crippen molar-refractivity contribution < 1.29 is 15.2 Å². The first kappa shape index (κ1) is 9.68. The van der Waals surface area contributed by atoms with Crippen LogP contribution in [0.25, 0.3) is 0 Å². The van der Waals surface area contributed by atoms with Crippen LogP contribution in [0.5, 0.6) is 0 Å². The van der Waals surface area contributed by atoms with Crippen LogP contribution in [-0.4, -0.2) is 18.1 Å². The van der Waals surface area contributed by atoms with Gasteiger partial charge in [0.05, 0.1) is 6.54 Å². The van der Waals surface area contributed by atoms with Crippen LogP contribution in [0.4, 0.5) is 0 Å². The molecule has 1 aromatic heterocycles. The van der Waals surface area contributed by atoms with Crippen LogP contribution in [0.2, 0.25) is 0 Å². The normalized spacial score (nSPS) is 26.6. The average Bonchev–Trinajstić information content (AvgIpc) is 2.76. The fourth-order valence-corrected chi connectivity index (χ4v) is 2.87. The van der Waals surface area contributed by atoms with E-state index in [-0.39, 0.29) is 0 Å². The SMILES string of the molecule is O=C([O-])[C@@]1(Cc2cccs2)CCC[NH2+]1. The summed E-state index contributed by atoms with van der Waals surface area (Å²) in [6.45, 7) is 0.902. The number of carboxylic acid groups (broad SMARTS) is 1. The first-order valence-electron chi connectivity index (χ1n) is 4.81. The Labute approximate surface area is 86.8 Å². The Kier molecular flexibility index (Phi) is 2.56. The summed E-state index contributed by atoms with van der Waals surface area (Å²) in [5.74, 6) is -0.914. The van der Waals surface area contributed by atoms with Gasteiger partial charge in [0.2, 0.25) is 0 Å². The van der Waals surface area contributed by atoms with Crippen LogP contribution in [0.3, 0.4) is 0 Å². The van der Waals surface area contributed by atoms with Crippen LogP contribution in [0, 0.1) is 0 Å². The molecule has 76 valence electrons. The van der Waals surface area contributed by atoms with Gasteiger partial charge >= 0.3 is 0 Å². The number of carbonyl (C=O) groups is 1. The number of nitrogens with two attached hydrogens (primary N) is 1. The van der Waals surface area contributed by atoms with Gasteiger partial charge in [0, 0.05) is 24.1 Å². The zero-order valence-electron chi connectivity index (χ0n) is 7.86. The summed E-state index contributed by atoms with van der Waals surface area (Å²) in [7, 11) is 0. The Morgan fingerprint density at radius 3 is 3.07 bits per heavy atom. The average molecular weight is 211 g/mol. The van der Waals surface area contributed by atoms with Crippen LogP contribution in [0.1, 0.15) is 17.7 Å². The predicted molar refractivity (Wildman–Crippen MR) is 51.8 cm³/mol. The maximum Gasteiger partial charge on any atom is 0.141 e. The first-order chi connectivity index (χ1) is 6.73. The van der Waals surface area contributed by atoms with Crippen molar-refractivity contribution in [1.29, 1.82) is 0 Å². The molecule has 3 nitrogen and oxygen atoms in total. The number of quaternary nitrogens is 1. The highest BCUT2D eigenvalue weighted by molar-refractivity contribution is 7.09. The molecular weight excluding hydrogens is 198 g/mol. The van der Waals surface area contributed by atoms with Gasteiger partial charge in [-0.1, -0.05) is 6.07 Å². The molecule has 0 aromatic carbocycles. The molecule has 1 atom stereocenters. The van der Waals surface area contributed by atoms with Crippen molar-refractivity contribution in [3.8, 4) is 0 Å². The minimum Gasteiger partial charge on any atom is -0.544 e. The minimum atomic E-state index is -0.914. The van der Waals surface area contributed by atoms with Gasteiger partial charge in [0.15, 0.2) is 0 Å². The van der Waals surface area contributed by atoms with E-state index in [9.17, 15) is 9.90 Å². The summed E-state index contributed by atoms with van der Waals surface area (Å²) in [5, 5.41) is 15.0. The second-order valence-corrected chi connectivity index (χ2v) is 4.83. The van der Waals surface area contributed by atoms with Crippen molar-refractivity contribution in [2.45, 2.75) is 24.8 Å². The van der Waals surface area contributed by atoms with E-state index in [0.29, 0.717) is 6.42 Å². The molecular formula is C10H13NO2S. The molecule has 1 aliphatic heterocycles. The van der Waals surface area contributed by atoms with Crippen molar-refractivity contribution in [3.63, 3.8) is 0 Å². The third-order valence-electron chi connectivity index (χ3n) is 2.84. The first-order valence-corrected chi connectivity index (χ1v) is 5.69. The fraction of sp³-hybridized carbons (Fsp3) is 0.500. The number of carbonyl (C=O) groups excluding carboxylic acids is 1. The Morgan fingerprint density at radius 2 is 2.57 bits per heavy atom. The highest BCUT2D eigenvalue weighted by atomic mass is 32.1. The van der Waals surface area contributed by atoms with Gasteiger partial charge in [-0.2, -0.15) is 0 Å². The van der Waals surface area contributed by atoms with Crippen LogP contribution in [-0.2, 0) is 11.2 Å². The Bertz CT molecular complexity index is 315. The Hall–Kier alpha value is -0.870. The minimum absolute atomic E-state index is 0.604. The zero-order valence-corrected chi connectivity index (χ0v) is 8.68. The maximum absolute atomic E-state index is 11.1. The lowest BCUT2D eigenvalue weighted by Gasteiger charge is -2.26. The van der Waals surface area contributed by atoms with Gasteiger partial charge in [-0.05, 0) is 11.4 Å². The van der Waals surface area contributed by atoms with E-state index in [4.69, 9.17) is 0 Å². The predicted octanol–water partition coefficient (Wildman–Crippen LogP) is -0.863. The second kappa shape index (κ2) is 3.71. The quantitative estimate of drug-likeness (QED) is 0.707. The lowest BCUT2D eigenvalue weighted by Crippen LogP contribution is -2.97. The number of thiophene rings is 1. The van der Waals surface area contributed by atoms with Crippen molar-refractivity contribution in [2.75, 3.05) is 6.54 Å². The molecule has 4 heteroatoms. The molecule has 14 heavy (non-hydrogen) atoms. The van der Waals surface area contributed by atoms with Crippen LogP contribution >= 0.6 is 11.3 Å². The molecule has 0 bridgehead atoms. The lowest BCUT2D eigenvalue weighted by molar-refractivity contribution is -0.700. The van der Waals surface area contributed by atoms with E-state index >= 15 is 0 Å². The fourth-order valence-electron chi connectivity index (χ4n) is 2.04. The number of carboxylic acids is 1. The third-order valence-corrected chi connectivity index (χ3v) is 3.71. The lowest BCUT2D eigenvalue weighted by atomic mass is 9.93. The zero-order chi connectivity index (χ0) is 10.0. The van der Waals surface area contributed by atoms with E-state index in [0.717, 1.165) is 24.3 Å². The van der Waals surface area contributed by atoms with Crippen molar-refractivity contribution >= 4 is 17.3 Å². The maximum atomic E-state index is 11.1. The highest BCUT2D eigenvalue weighted by Crippen LogP contribution is 2.21. The second-order valence-electron chi connectivity index (χ2n) is 3.80. The highest BCUT2D eigenvalue weighted by Gasteiger charge is 2.39. The van der Waals surface area contributed by atoms with Gasteiger partial charge in [0.1, 0.15) is 11.5 Å². The van der Waals surface area contributed by atoms with E-state index in [1.807, 2.05) is 22.8 Å². The third kappa shape index (κ3) is 1.67. The van der Waals surface area contributed by atoms with E-state index in [1.165, 1.54) is 0 Å². The van der Waals surface area contributed by atoms with Gasteiger partial charge in [-0.3, -0.25) is 0 Å². The Balaban J connectivity index is 2.16. The molecule has 1 aromatic rings. The van der Waals surface area contributed by atoms with Gasteiger partial charge in [0.25, 0.3) is 0 Å². The van der Waals surface area contributed by atoms with Gasteiger partial charge in [-0.15, -0.1) is 11.3 Å². The monoisotopic (exact) mass is 211 g/mol. The molecule has 0 aliphatic carbocycles. The Morgan fingerprint density at radius 1 is 1.71 bits per heavy atom. The summed E-state index contributed by atoms with van der Waals surface area (Å²) < 4.78 is 0. The van der Waals surface area contributed by atoms with Gasteiger partial charge < -0.3 is 15.2 Å². The van der Waals surface area contributed by atoms with Crippen LogP contribution in [0.15, 0.2) is 17.5 Å². The molecule has 2 rings (SSSR count). The summed E-state index contributed by atoms with van der Waals surface area (Å²) in [4.78, 5) is 12.2. The number of aliphatic carboxylic acids is 1. The molecule has 0 amide bonds. The largest absolute Gasteiger partial charge is 0.544 e. The number of hydrogen-bond donors (Lipinski definition) is 1. The summed E-state index contributed by atoms with van der Waals surface area (Å²) in [5.41, 5.74) is -0.690. The van der Waals surface area contributed by atoms with Crippen LogP contribution < -0.4 is 10.4 Å². The molecule has 1 fully saturated rings. The van der Waals surface area contributed by atoms with E-state index in [1.54, 1.807) is 11.3 Å². The van der Waals surface area contributed by atoms with Gasteiger partial charge in [-0.25, -0.2) is 0 Å². The molecule has 2 N–H and O–H groups in total. The van der Waals surface area contributed by atoms with E-state index < -0.39 is 11.5 Å². The smallest absolute Gasteiger partial charge is 0.141 e. The summed E-state index contributed by atoms with van der Waals surface area (Å²) in [6, 6.07) is 3.94. The summed E-state index contributed by atoms with van der Waals surface area (Å²) >= 11 is 1.61. The molecule has 0 saturated carbocycles. The molecule has 2 heterocycles. The molecule has 1 aliphatic rings. The molecule has 0 spiro atoms. The molecule has 0 unspecified atom stereocenters. The summed E-state index contributed by atoms with van der Waals surface area (Å²) in [6.07, 6.45) is 2.31. The number of hydrogen-bond acceptors (Lipinski definition) is 3. The topological polar surface area (TPSA) is 56.7 Å².